The average molecular weight is 352 g/mol. The minimum atomic E-state index is -0.524. The van der Waals surface area contributed by atoms with Gasteiger partial charge < -0.3 is 10.1 Å². The second-order valence-electron chi connectivity index (χ2n) is 5.44. The fraction of sp³-hybridized carbons (Fsp3) is 0.111. The van der Waals surface area contributed by atoms with Gasteiger partial charge in [0, 0.05) is 24.1 Å². The van der Waals surface area contributed by atoms with Crippen LogP contribution in [0.5, 0.6) is 0 Å². The second-order valence-corrected chi connectivity index (χ2v) is 5.44. The van der Waals surface area contributed by atoms with Crippen molar-refractivity contribution < 1.29 is 14.5 Å². The maximum atomic E-state index is 11.6. The summed E-state index contributed by atoms with van der Waals surface area (Å²) in [7, 11) is 0. The van der Waals surface area contributed by atoms with Gasteiger partial charge in [0.2, 0.25) is 0 Å². The van der Waals surface area contributed by atoms with Gasteiger partial charge in [-0.05, 0) is 17.7 Å². The van der Waals surface area contributed by atoms with Crippen LogP contribution >= 0.6 is 0 Å². The minimum absolute atomic E-state index is 0.00355. The van der Waals surface area contributed by atoms with E-state index in [1.54, 1.807) is 18.2 Å². The van der Waals surface area contributed by atoms with Crippen molar-refractivity contribution in [2.45, 2.75) is 6.61 Å². The van der Waals surface area contributed by atoms with Crippen molar-refractivity contribution in [3.8, 4) is 0 Å². The number of ether oxygens (including phenoxy) is 1. The smallest absolute Gasteiger partial charge is 0.407 e. The van der Waals surface area contributed by atoms with Gasteiger partial charge in [-0.15, -0.1) is 0 Å². The van der Waals surface area contributed by atoms with Crippen molar-refractivity contribution in [1.82, 2.24) is 15.5 Å². The van der Waals surface area contributed by atoms with E-state index in [1.807, 2.05) is 30.3 Å². The van der Waals surface area contributed by atoms with Gasteiger partial charge >= 0.3 is 6.09 Å². The summed E-state index contributed by atoms with van der Waals surface area (Å²) in [6.07, 6.45) is 2.88. The van der Waals surface area contributed by atoms with Crippen LogP contribution in [0.25, 0.3) is 17.0 Å². The van der Waals surface area contributed by atoms with Crippen LogP contribution in [0.2, 0.25) is 0 Å². The lowest BCUT2D eigenvalue weighted by Gasteiger charge is -2.05. The highest BCUT2D eigenvalue weighted by atomic mass is 16.6. The predicted octanol–water partition coefficient (Wildman–Crippen LogP) is 3.41. The number of alkyl carbamates (subject to hydrolysis) is 1. The Kier molecular flexibility index (Phi) is 5.23. The second kappa shape index (κ2) is 7.93. The predicted molar refractivity (Wildman–Crippen MR) is 96.4 cm³/mol. The van der Waals surface area contributed by atoms with Crippen molar-refractivity contribution >= 4 is 28.8 Å². The maximum absolute atomic E-state index is 11.6. The Hall–Kier alpha value is -3.68. The number of H-pyrrole nitrogens is 1. The molecule has 0 bridgehead atoms. The third-order valence-electron chi connectivity index (χ3n) is 3.64. The molecule has 3 rings (SSSR count). The highest BCUT2D eigenvalue weighted by Crippen LogP contribution is 2.22. The lowest BCUT2D eigenvalue weighted by Crippen LogP contribution is -2.24. The Morgan fingerprint density at radius 2 is 2.08 bits per heavy atom. The number of hydrogen-bond donors (Lipinski definition) is 2. The first-order valence-electron chi connectivity index (χ1n) is 7.87. The first kappa shape index (κ1) is 17.2. The van der Waals surface area contributed by atoms with Gasteiger partial charge in [-0.1, -0.05) is 36.4 Å². The number of nitro benzene ring substituents is 1. The van der Waals surface area contributed by atoms with Crippen molar-refractivity contribution in [3.63, 3.8) is 0 Å². The number of nitrogens with zero attached hydrogens (tertiary/aromatic N) is 2. The molecule has 26 heavy (non-hydrogen) atoms. The molecule has 0 atom stereocenters. The third-order valence-corrected chi connectivity index (χ3v) is 3.64. The average Bonchev–Trinajstić information content (AvgIpc) is 3.06. The molecular formula is C18H16N4O4. The van der Waals surface area contributed by atoms with Crippen LogP contribution in [0.15, 0.2) is 54.6 Å². The quantitative estimate of drug-likeness (QED) is 0.522. The maximum Gasteiger partial charge on any atom is 0.407 e. The lowest BCUT2D eigenvalue weighted by molar-refractivity contribution is -0.384. The molecule has 1 amide bonds. The van der Waals surface area contributed by atoms with Crippen molar-refractivity contribution in [1.29, 1.82) is 0 Å². The van der Waals surface area contributed by atoms with Gasteiger partial charge in [0.1, 0.15) is 6.61 Å². The Labute approximate surface area is 148 Å². The molecule has 0 unspecified atom stereocenters. The molecule has 8 heteroatoms. The number of aromatic nitrogens is 2. The summed E-state index contributed by atoms with van der Waals surface area (Å²) >= 11 is 0. The van der Waals surface area contributed by atoms with Crippen LogP contribution in [0.4, 0.5) is 10.5 Å². The highest BCUT2D eigenvalue weighted by molar-refractivity contribution is 5.88. The molecule has 2 N–H and O–H groups in total. The van der Waals surface area contributed by atoms with E-state index in [1.165, 1.54) is 12.1 Å². The number of non-ortho nitro benzene ring substituents is 1. The molecule has 2 aromatic carbocycles. The van der Waals surface area contributed by atoms with Crippen LogP contribution in [0.1, 0.15) is 11.3 Å². The standard InChI is InChI=1S/C18H16N4O4/c23-18(26-12-13-5-2-1-3-6-13)19-10-4-7-16-15-11-14(22(24)25)8-9-17(15)21-20-16/h1-9,11H,10,12H2,(H,19,23)(H,20,21). The molecule has 0 aliphatic carbocycles. The van der Waals surface area contributed by atoms with Crippen LogP contribution < -0.4 is 5.32 Å². The number of nitrogens with one attached hydrogen (secondary N) is 2. The Morgan fingerprint density at radius 3 is 2.85 bits per heavy atom. The van der Waals surface area contributed by atoms with Crippen molar-refractivity contribution in [2.24, 2.45) is 0 Å². The largest absolute Gasteiger partial charge is 0.445 e. The molecule has 8 nitrogen and oxygen atoms in total. The topological polar surface area (TPSA) is 110 Å². The number of benzene rings is 2. The fourth-order valence-electron chi connectivity index (χ4n) is 2.35. The van der Waals surface area contributed by atoms with E-state index in [9.17, 15) is 14.9 Å². The molecule has 132 valence electrons. The first-order chi connectivity index (χ1) is 12.6. The van der Waals surface area contributed by atoms with E-state index in [-0.39, 0.29) is 18.8 Å². The third kappa shape index (κ3) is 4.23. The van der Waals surface area contributed by atoms with Crippen molar-refractivity contribution in [3.05, 3.63) is 76.0 Å². The molecule has 3 aromatic rings. The number of hydrogen-bond acceptors (Lipinski definition) is 5. The number of amides is 1. The van der Waals surface area contributed by atoms with Gasteiger partial charge in [0.15, 0.2) is 0 Å². The molecule has 0 aliphatic heterocycles. The summed E-state index contributed by atoms with van der Waals surface area (Å²) in [4.78, 5) is 22.1. The Balaban J connectivity index is 1.54. The van der Waals surface area contributed by atoms with E-state index in [4.69, 9.17) is 4.74 Å². The number of fused-ring (bicyclic) bond motifs is 1. The number of nitro groups is 1. The lowest BCUT2D eigenvalue weighted by atomic mass is 10.2. The number of carbonyl (C=O) groups is 1. The summed E-state index contributed by atoms with van der Waals surface area (Å²) in [5.74, 6) is 0. The molecule has 0 saturated carbocycles. The van der Waals surface area contributed by atoms with Gasteiger partial charge in [-0.3, -0.25) is 15.2 Å². The van der Waals surface area contributed by atoms with Gasteiger partial charge in [-0.25, -0.2) is 4.79 Å². The van der Waals surface area contributed by atoms with Gasteiger partial charge in [-0.2, -0.15) is 5.10 Å². The Morgan fingerprint density at radius 1 is 1.27 bits per heavy atom. The van der Waals surface area contributed by atoms with E-state index in [2.05, 4.69) is 15.5 Å². The summed E-state index contributed by atoms with van der Waals surface area (Å²) in [6, 6.07) is 13.8. The number of carbonyl (C=O) groups excluding carboxylic acids is 1. The van der Waals surface area contributed by atoms with Gasteiger partial charge in [0.25, 0.3) is 5.69 Å². The SMILES string of the molecule is O=C(NCC=Cc1[nH]nc2ccc([N+](=O)[O-])cc12)OCc1ccccc1. The molecule has 0 aliphatic rings. The highest BCUT2D eigenvalue weighted by Gasteiger charge is 2.10. The van der Waals surface area contributed by atoms with E-state index in [0.29, 0.717) is 16.6 Å². The fourth-order valence-corrected chi connectivity index (χ4v) is 2.35. The van der Waals surface area contributed by atoms with E-state index in [0.717, 1.165) is 5.56 Å². The molecule has 1 heterocycles. The van der Waals surface area contributed by atoms with Crippen LogP contribution in [-0.2, 0) is 11.3 Å². The van der Waals surface area contributed by atoms with Crippen molar-refractivity contribution in [2.75, 3.05) is 6.54 Å². The van der Waals surface area contributed by atoms with Crippen LogP contribution in [0, 0.1) is 10.1 Å². The molecule has 0 spiro atoms. The van der Waals surface area contributed by atoms with Crippen LogP contribution in [-0.4, -0.2) is 27.8 Å². The minimum Gasteiger partial charge on any atom is -0.445 e. The summed E-state index contributed by atoms with van der Waals surface area (Å²) < 4.78 is 5.10. The molecule has 0 fully saturated rings. The zero-order chi connectivity index (χ0) is 18.4. The zero-order valence-electron chi connectivity index (χ0n) is 13.7. The Bertz CT molecular complexity index is 950. The van der Waals surface area contributed by atoms with Crippen LogP contribution in [0.3, 0.4) is 0 Å². The van der Waals surface area contributed by atoms with E-state index < -0.39 is 11.0 Å². The molecule has 1 aromatic heterocycles. The molecular weight excluding hydrogens is 336 g/mol. The molecule has 0 saturated heterocycles. The number of rotatable bonds is 6. The normalized spacial score (nSPS) is 10.9. The first-order valence-corrected chi connectivity index (χ1v) is 7.87. The molecule has 0 radical (unpaired) electrons. The monoisotopic (exact) mass is 352 g/mol. The summed E-state index contributed by atoms with van der Waals surface area (Å²) in [5.41, 5.74) is 2.16. The zero-order valence-corrected chi connectivity index (χ0v) is 13.7. The summed E-state index contributed by atoms with van der Waals surface area (Å²) in [5, 5.41) is 21.0. The summed E-state index contributed by atoms with van der Waals surface area (Å²) in [6.45, 7) is 0.453. The number of aromatic amines is 1. The van der Waals surface area contributed by atoms with Gasteiger partial charge in [0.05, 0.1) is 16.1 Å². The van der Waals surface area contributed by atoms with E-state index >= 15 is 0 Å².